The van der Waals surface area contributed by atoms with Crippen molar-refractivity contribution < 1.29 is 29.6 Å². The molecule has 0 saturated heterocycles. The molecule has 0 fully saturated rings. The molecule has 1 aromatic heterocycles. The number of carboxylic acid groups (broad SMARTS) is 2. The van der Waals surface area contributed by atoms with Gasteiger partial charge in [0.05, 0.1) is 13.7 Å². The van der Waals surface area contributed by atoms with Crippen LogP contribution in [0.2, 0.25) is 0 Å². The molecule has 0 spiro atoms. The van der Waals surface area contributed by atoms with Crippen LogP contribution in [0.4, 0.5) is 0 Å². The summed E-state index contributed by atoms with van der Waals surface area (Å²) in [7, 11) is 3.61. The van der Waals surface area contributed by atoms with Gasteiger partial charge in [-0.3, -0.25) is 0 Å². The molecule has 2 aromatic rings. The number of carbonyl (C=O) groups is 2. The third-order valence-corrected chi connectivity index (χ3v) is 4.19. The molecule has 148 valence electrons. The molecule has 1 heterocycles. The first-order chi connectivity index (χ1) is 12.9. The van der Waals surface area contributed by atoms with Gasteiger partial charge in [-0.1, -0.05) is 11.8 Å². The summed E-state index contributed by atoms with van der Waals surface area (Å²) < 4.78 is 7.14. The third-order valence-electron chi connectivity index (χ3n) is 3.16. The number of benzene rings is 1. The van der Waals surface area contributed by atoms with Gasteiger partial charge in [0.2, 0.25) is 0 Å². The SMILES string of the molecule is COc1ccc(-c2nnc(SCCNCCO)n2C)cc1.O=C(O)C(=O)O. The summed E-state index contributed by atoms with van der Waals surface area (Å²) in [5, 5.41) is 36.0. The number of aliphatic hydroxyl groups is 1. The zero-order valence-corrected chi connectivity index (χ0v) is 15.8. The molecule has 0 amide bonds. The molecule has 11 heteroatoms. The molecule has 0 aliphatic rings. The van der Waals surface area contributed by atoms with Crippen LogP contribution in [0.25, 0.3) is 11.4 Å². The first kappa shape index (κ1) is 22.4. The summed E-state index contributed by atoms with van der Waals surface area (Å²) >= 11 is 1.64. The van der Waals surface area contributed by atoms with Crippen LogP contribution in [0, 0.1) is 0 Å². The lowest BCUT2D eigenvalue weighted by Gasteiger charge is -2.05. The highest BCUT2D eigenvalue weighted by Crippen LogP contribution is 2.24. The topological polar surface area (TPSA) is 147 Å². The lowest BCUT2D eigenvalue weighted by atomic mass is 10.2. The Hall–Kier alpha value is -2.63. The molecule has 1 aromatic carbocycles. The molecule has 0 aliphatic heterocycles. The number of rotatable bonds is 8. The number of nitrogens with zero attached hydrogens (tertiary/aromatic N) is 3. The fraction of sp³-hybridized carbons (Fsp3) is 0.375. The lowest BCUT2D eigenvalue weighted by molar-refractivity contribution is -0.159. The van der Waals surface area contributed by atoms with E-state index in [1.54, 1.807) is 18.9 Å². The van der Waals surface area contributed by atoms with E-state index in [1.807, 2.05) is 35.9 Å². The Morgan fingerprint density at radius 3 is 2.30 bits per heavy atom. The highest BCUT2D eigenvalue weighted by Gasteiger charge is 2.11. The van der Waals surface area contributed by atoms with E-state index < -0.39 is 11.9 Å². The number of aliphatic hydroxyl groups excluding tert-OH is 1. The van der Waals surface area contributed by atoms with Crippen LogP contribution in [-0.2, 0) is 16.6 Å². The second kappa shape index (κ2) is 11.9. The average Bonchev–Trinajstić information content (AvgIpc) is 3.02. The van der Waals surface area contributed by atoms with Crippen LogP contribution < -0.4 is 10.1 Å². The summed E-state index contributed by atoms with van der Waals surface area (Å²) in [6.45, 7) is 1.61. The fourth-order valence-electron chi connectivity index (χ4n) is 1.85. The second-order valence-corrected chi connectivity index (χ2v) is 6.09. The van der Waals surface area contributed by atoms with Crippen LogP contribution >= 0.6 is 11.8 Å². The number of methoxy groups -OCH3 is 1. The molecule has 0 bridgehead atoms. The summed E-state index contributed by atoms with van der Waals surface area (Å²) in [5.74, 6) is -1.10. The maximum Gasteiger partial charge on any atom is 0.414 e. The monoisotopic (exact) mass is 398 g/mol. The highest BCUT2D eigenvalue weighted by atomic mass is 32.2. The molecule has 0 saturated carbocycles. The Bertz CT molecular complexity index is 723. The first-order valence-electron chi connectivity index (χ1n) is 7.85. The van der Waals surface area contributed by atoms with Crippen LogP contribution in [0.1, 0.15) is 0 Å². The number of thioether (sulfide) groups is 1. The summed E-state index contributed by atoms with van der Waals surface area (Å²) in [6.07, 6.45) is 0. The quantitative estimate of drug-likeness (QED) is 0.278. The summed E-state index contributed by atoms with van der Waals surface area (Å²) in [5.41, 5.74) is 1.01. The van der Waals surface area contributed by atoms with E-state index in [0.29, 0.717) is 6.54 Å². The third kappa shape index (κ3) is 7.64. The molecule has 0 aliphatic carbocycles. The number of hydrogen-bond donors (Lipinski definition) is 4. The van der Waals surface area contributed by atoms with Gasteiger partial charge in [0.25, 0.3) is 0 Å². The molecular weight excluding hydrogens is 376 g/mol. The number of aliphatic carboxylic acids is 2. The number of nitrogens with one attached hydrogen (secondary N) is 1. The van der Waals surface area contributed by atoms with E-state index in [-0.39, 0.29) is 6.61 Å². The van der Waals surface area contributed by atoms with Crippen LogP contribution in [0.3, 0.4) is 0 Å². The van der Waals surface area contributed by atoms with Gasteiger partial charge in [-0.15, -0.1) is 10.2 Å². The van der Waals surface area contributed by atoms with Crippen molar-refractivity contribution in [3.63, 3.8) is 0 Å². The Morgan fingerprint density at radius 2 is 1.78 bits per heavy atom. The van der Waals surface area contributed by atoms with Gasteiger partial charge >= 0.3 is 11.9 Å². The van der Waals surface area contributed by atoms with Gasteiger partial charge in [-0.2, -0.15) is 0 Å². The Kier molecular flexibility index (Phi) is 9.86. The van der Waals surface area contributed by atoms with Crippen LogP contribution in [0.15, 0.2) is 29.4 Å². The number of carboxylic acids is 2. The molecule has 10 nitrogen and oxygen atoms in total. The minimum atomic E-state index is -1.82. The van der Waals surface area contributed by atoms with Crippen molar-refractivity contribution in [2.45, 2.75) is 5.16 Å². The van der Waals surface area contributed by atoms with E-state index in [2.05, 4.69) is 15.5 Å². The van der Waals surface area contributed by atoms with Gasteiger partial charge in [0.1, 0.15) is 5.75 Å². The van der Waals surface area contributed by atoms with Gasteiger partial charge in [-0.25, -0.2) is 9.59 Å². The maximum atomic E-state index is 9.10. The van der Waals surface area contributed by atoms with Crippen molar-refractivity contribution in [1.29, 1.82) is 0 Å². The van der Waals surface area contributed by atoms with E-state index in [9.17, 15) is 0 Å². The Balaban J connectivity index is 0.000000527. The summed E-state index contributed by atoms with van der Waals surface area (Å²) in [4.78, 5) is 18.2. The van der Waals surface area contributed by atoms with Crippen molar-refractivity contribution in [2.24, 2.45) is 7.05 Å². The Morgan fingerprint density at radius 1 is 1.15 bits per heavy atom. The van der Waals surface area contributed by atoms with E-state index >= 15 is 0 Å². The number of ether oxygens (including phenoxy) is 1. The predicted molar refractivity (Wildman–Crippen MR) is 98.9 cm³/mol. The zero-order valence-electron chi connectivity index (χ0n) is 15.0. The smallest absolute Gasteiger partial charge is 0.414 e. The molecule has 0 radical (unpaired) electrons. The van der Waals surface area contributed by atoms with Crippen molar-refractivity contribution >= 4 is 23.7 Å². The predicted octanol–water partition coefficient (Wildman–Crippen LogP) is 0.320. The maximum absolute atomic E-state index is 9.10. The number of hydrogen-bond acceptors (Lipinski definition) is 8. The molecule has 0 atom stereocenters. The second-order valence-electron chi connectivity index (χ2n) is 5.03. The fourth-order valence-corrected chi connectivity index (χ4v) is 2.66. The Labute approximate surface area is 160 Å². The largest absolute Gasteiger partial charge is 0.497 e. The minimum absolute atomic E-state index is 0.163. The van der Waals surface area contributed by atoms with Gasteiger partial charge < -0.3 is 29.9 Å². The van der Waals surface area contributed by atoms with Gasteiger partial charge in [0.15, 0.2) is 11.0 Å². The van der Waals surface area contributed by atoms with Crippen LogP contribution in [0.5, 0.6) is 5.75 Å². The highest BCUT2D eigenvalue weighted by molar-refractivity contribution is 7.99. The molecule has 0 unspecified atom stereocenters. The zero-order chi connectivity index (χ0) is 20.2. The van der Waals surface area contributed by atoms with Crippen molar-refractivity contribution in [1.82, 2.24) is 20.1 Å². The van der Waals surface area contributed by atoms with Gasteiger partial charge in [0, 0.05) is 31.5 Å². The van der Waals surface area contributed by atoms with E-state index in [0.717, 1.165) is 34.6 Å². The normalized spacial score (nSPS) is 10.0. The van der Waals surface area contributed by atoms with Gasteiger partial charge in [-0.05, 0) is 24.3 Å². The van der Waals surface area contributed by atoms with E-state index in [4.69, 9.17) is 29.6 Å². The minimum Gasteiger partial charge on any atom is -0.497 e. The molecule has 2 rings (SSSR count). The van der Waals surface area contributed by atoms with Crippen molar-refractivity contribution in [2.75, 3.05) is 32.6 Å². The molecule has 27 heavy (non-hydrogen) atoms. The molecule has 4 N–H and O–H groups in total. The van der Waals surface area contributed by atoms with E-state index in [1.165, 1.54) is 0 Å². The number of aromatic nitrogens is 3. The first-order valence-corrected chi connectivity index (χ1v) is 8.83. The molecular formula is C16H22N4O6S. The van der Waals surface area contributed by atoms with Crippen LogP contribution in [-0.4, -0.2) is 74.6 Å². The average molecular weight is 398 g/mol. The van der Waals surface area contributed by atoms with Crippen molar-refractivity contribution in [3.8, 4) is 17.1 Å². The lowest BCUT2D eigenvalue weighted by Crippen LogP contribution is -2.20. The van der Waals surface area contributed by atoms with Crippen molar-refractivity contribution in [3.05, 3.63) is 24.3 Å². The standard InChI is InChI=1S/C14H20N4O2S.C2H2O4/c1-18-13(11-3-5-12(20-2)6-4-11)16-17-14(18)21-10-8-15-7-9-19;3-1(4)2(5)6/h3-6,15,19H,7-10H2,1-2H3;(H,3,4)(H,5,6). The summed E-state index contributed by atoms with van der Waals surface area (Å²) in [6, 6.07) is 7.77.